The fraction of sp³-hybridized carbons (Fsp3) is 0.667. The highest BCUT2D eigenvalue weighted by Crippen LogP contribution is 2.25. The molecule has 0 spiro atoms. The lowest BCUT2D eigenvalue weighted by Crippen LogP contribution is -2.41. The maximum absolute atomic E-state index is 13.9. The lowest BCUT2D eigenvalue weighted by atomic mass is 9.97. The largest absolute Gasteiger partial charge is 0.354 e. The molecule has 2 rings (SSSR count). The van der Waals surface area contributed by atoms with E-state index in [1.807, 2.05) is 4.90 Å². The van der Waals surface area contributed by atoms with Gasteiger partial charge in [0, 0.05) is 19.3 Å². The van der Waals surface area contributed by atoms with Gasteiger partial charge < -0.3 is 10.2 Å². The zero-order chi connectivity index (χ0) is 14.5. The number of anilines is 1. The number of aromatic nitrogens is 1. The molecule has 2 heterocycles. The monoisotopic (exact) mass is 299 g/mol. The minimum absolute atomic E-state index is 0.326. The van der Waals surface area contributed by atoms with E-state index in [4.69, 9.17) is 11.6 Å². The zero-order valence-corrected chi connectivity index (χ0v) is 13.0. The molecule has 0 bridgehead atoms. The summed E-state index contributed by atoms with van der Waals surface area (Å²) in [4.78, 5) is 6.18. The van der Waals surface area contributed by atoms with Crippen molar-refractivity contribution in [3.8, 4) is 0 Å². The molecule has 1 N–H and O–H groups in total. The topological polar surface area (TPSA) is 28.2 Å². The molecule has 0 radical (unpaired) electrons. The van der Waals surface area contributed by atoms with Gasteiger partial charge in [0.15, 0.2) is 11.6 Å². The molecule has 1 aromatic rings. The summed E-state index contributed by atoms with van der Waals surface area (Å²) in [6, 6.07) is 1.34. The van der Waals surface area contributed by atoms with Gasteiger partial charge in [0.05, 0.1) is 5.02 Å². The normalized spacial score (nSPS) is 19.6. The summed E-state index contributed by atoms with van der Waals surface area (Å²) in [6.07, 6.45) is 3.79. The molecule has 1 saturated heterocycles. The van der Waals surface area contributed by atoms with Gasteiger partial charge in [-0.1, -0.05) is 25.4 Å². The van der Waals surface area contributed by atoms with Crippen LogP contribution < -0.4 is 10.2 Å². The second kappa shape index (κ2) is 7.23. The van der Waals surface area contributed by atoms with Crippen LogP contribution in [-0.2, 0) is 0 Å². The number of halogens is 2. The first kappa shape index (κ1) is 15.5. The number of piperidine rings is 1. The Balaban J connectivity index is 1.92. The summed E-state index contributed by atoms with van der Waals surface area (Å²) in [7, 11) is 0. The molecule has 20 heavy (non-hydrogen) atoms. The number of nitrogens with zero attached hydrogens (tertiary/aromatic N) is 2. The SMILES string of the molecule is CC(C)CNCC1CCCN(c2ncc(Cl)cc2F)C1. The van der Waals surface area contributed by atoms with E-state index in [0.717, 1.165) is 32.6 Å². The average molecular weight is 300 g/mol. The van der Waals surface area contributed by atoms with E-state index in [0.29, 0.717) is 22.7 Å². The van der Waals surface area contributed by atoms with Gasteiger partial charge >= 0.3 is 0 Å². The van der Waals surface area contributed by atoms with Crippen molar-refractivity contribution in [2.24, 2.45) is 11.8 Å². The Morgan fingerprint density at radius 2 is 2.35 bits per heavy atom. The lowest BCUT2D eigenvalue weighted by molar-refractivity contribution is 0.379. The second-order valence-corrected chi connectivity index (χ2v) is 6.40. The van der Waals surface area contributed by atoms with E-state index in [-0.39, 0.29) is 5.82 Å². The molecular formula is C15H23ClFN3. The predicted molar refractivity (Wildman–Crippen MR) is 81.8 cm³/mol. The Kier molecular flexibility index (Phi) is 5.61. The highest BCUT2D eigenvalue weighted by Gasteiger charge is 2.22. The first-order valence-electron chi connectivity index (χ1n) is 7.33. The first-order chi connectivity index (χ1) is 9.56. The van der Waals surface area contributed by atoms with Crippen molar-refractivity contribution >= 4 is 17.4 Å². The lowest BCUT2D eigenvalue weighted by Gasteiger charge is -2.34. The van der Waals surface area contributed by atoms with Crippen LogP contribution in [0.3, 0.4) is 0 Å². The number of nitrogens with one attached hydrogen (secondary N) is 1. The molecule has 5 heteroatoms. The fourth-order valence-corrected chi connectivity index (χ4v) is 2.78. The number of hydrogen-bond donors (Lipinski definition) is 1. The maximum atomic E-state index is 13.9. The van der Waals surface area contributed by atoms with Crippen LogP contribution in [0.5, 0.6) is 0 Å². The molecule has 1 aliphatic rings. The Morgan fingerprint density at radius 1 is 1.55 bits per heavy atom. The molecule has 0 amide bonds. The van der Waals surface area contributed by atoms with Crippen LogP contribution in [0.1, 0.15) is 26.7 Å². The summed E-state index contributed by atoms with van der Waals surface area (Å²) >= 11 is 5.75. The number of rotatable bonds is 5. The minimum Gasteiger partial charge on any atom is -0.354 e. The van der Waals surface area contributed by atoms with Crippen LogP contribution in [0.15, 0.2) is 12.3 Å². The highest BCUT2D eigenvalue weighted by molar-refractivity contribution is 6.30. The van der Waals surface area contributed by atoms with Crippen LogP contribution in [0.2, 0.25) is 5.02 Å². The van der Waals surface area contributed by atoms with Gasteiger partial charge in [-0.3, -0.25) is 0 Å². The molecule has 3 nitrogen and oxygen atoms in total. The fourth-order valence-electron chi connectivity index (χ4n) is 2.64. The van der Waals surface area contributed by atoms with Crippen LogP contribution in [0.25, 0.3) is 0 Å². The van der Waals surface area contributed by atoms with E-state index in [1.54, 1.807) is 0 Å². The van der Waals surface area contributed by atoms with Gasteiger partial charge in [0.25, 0.3) is 0 Å². The van der Waals surface area contributed by atoms with Gasteiger partial charge in [0.2, 0.25) is 0 Å². The van der Waals surface area contributed by atoms with E-state index in [9.17, 15) is 4.39 Å². The number of pyridine rings is 1. The molecule has 0 aromatic carbocycles. The van der Waals surface area contributed by atoms with E-state index < -0.39 is 0 Å². The molecule has 0 aliphatic carbocycles. The van der Waals surface area contributed by atoms with E-state index in [1.165, 1.54) is 18.7 Å². The third-order valence-electron chi connectivity index (χ3n) is 3.59. The molecule has 1 unspecified atom stereocenters. The van der Waals surface area contributed by atoms with Gasteiger partial charge in [-0.2, -0.15) is 0 Å². The Labute approximate surface area is 125 Å². The minimum atomic E-state index is -0.326. The van der Waals surface area contributed by atoms with Crippen molar-refractivity contribution in [2.45, 2.75) is 26.7 Å². The van der Waals surface area contributed by atoms with Crippen molar-refractivity contribution in [1.82, 2.24) is 10.3 Å². The summed E-state index contributed by atoms with van der Waals surface area (Å²) in [5, 5.41) is 3.83. The maximum Gasteiger partial charge on any atom is 0.167 e. The second-order valence-electron chi connectivity index (χ2n) is 5.97. The first-order valence-corrected chi connectivity index (χ1v) is 7.70. The van der Waals surface area contributed by atoms with Crippen molar-refractivity contribution in [2.75, 3.05) is 31.1 Å². The summed E-state index contributed by atoms with van der Waals surface area (Å²) < 4.78 is 13.9. The molecule has 1 atom stereocenters. The van der Waals surface area contributed by atoms with Crippen molar-refractivity contribution in [3.05, 3.63) is 23.1 Å². The number of hydrogen-bond acceptors (Lipinski definition) is 3. The van der Waals surface area contributed by atoms with Crippen LogP contribution in [0, 0.1) is 17.7 Å². The summed E-state index contributed by atoms with van der Waals surface area (Å²) in [6.45, 7) is 8.15. The van der Waals surface area contributed by atoms with Crippen molar-refractivity contribution < 1.29 is 4.39 Å². The Hall–Kier alpha value is -0.870. The van der Waals surface area contributed by atoms with Crippen LogP contribution in [-0.4, -0.2) is 31.2 Å². The van der Waals surface area contributed by atoms with Crippen molar-refractivity contribution in [1.29, 1.82) is 0 Å². The van der Waals surface area contributed by atoms with Gasteiger partial charge in [-0.05, 0) is 43.8 Å². The highest BCUT2D eigenvalue weighted by atomic mass is 35.5. The molecular weight excluding hydrogens is 277 g/mol. The van der Waals surface area contributed by atoms with Gasteiger partial charge in [0.1, 0.15) is 0 Å². The van der Waals surface area contributed by atoms with Gasteiger partial charge in [-0.15, -0.1) is 0 Å². The predicted octanol–water partition coefficient (Wildman–Crippen LogP) is 3.34. The molecule has 1 aliphatic heterocycles. The zero-order valence-electron chi connectivity index (χ0n) is 12.2. The van der Waals surface area contributed by atoms with Crippen LogP contribution >= 0.6 is 11.6 Å². The Morgan fingerprint density at radius 3 is 3.05 bits per heavy atom. The van der Waals surface area contributed by atoms with E-state index >= 15 is 0 Å². The molecule has 1 aromatic heterocycles. The quantitative estimate of drug-likeness (QED) is 0.904. The third-order valence-corrected chi connectivity index (χ3v) is 3.80. The standard InChI is InChI=1S/C15H23ClFN3/c1-11(2)7-18-8-12-4-3-5-20(10-12)15-14(17)6-13(16)9-19-15/h6,9,11-12,18H,3-5,7-8,10H2,1-2H3. The molecule has 112 valence electrons. The Bertz CT molecular complexity index is 439. The molecule has 1 fully saturated rings. The van der Waals surface area contributed by atoms with Gasteiger partial charge in [-0.25, -0.2) is 9.37 Å². The van der Waals surface area contributed by atoms with Crippen LogP contribution in [0.4, 0.5) is 10.2 Å². The van der Waals surface area contributed by atoms with E-state index in [2.05, 4.69) is 24.1 Å². The third kappa shape index (κ3) is 4.32. The summed E-state index contributed by atoms with van der Waals surface area (Å²) in [5.41, 5.74) is 0. The summed E-state index contributed by atoms with van der Waals surface area (Å²) in [5.74, 6) is 1.32. The average Bonchev–Trinajstić information content (AvgIpc) is 2.38. The van der Waals surface area contributed by atoms with Crippen molar-refractivity contribution in [3.63, 3.8) is 0 Å². The molecule has 0 saturated carbocycles. The smallest absolute Gasteiger partial charge is 0.167 e.